The van der Waals surface area contributed by atoms with Crippen molar-refractivity contribution in [2.75, 3.05) is 5.32 Å². The maximum Gasteiger partial charge on any atom is 0.231 e. The largest absolute Gasteiger partial charge is 0.309 e. The molecule has 0 radical (unpaired) electrons. The zero-order chi connectivity index (χ0) is 18.2. The number of hydrogen-bond donors (Lipinski definition) is 1. The Hall–Kier alpha value is -3.16. The highest BCUT2D eigenvalue weighted by molar-refractivity contribution is 5.90. The molecule has 0 saturated heterocycles. The van der Waals surface area contributed by atoms with Crippen molar-refractivity contribution >= 4 is 11.7 Å². The van der Waals surface area contributed by atoms with Crippen molar-refractivity contribution in [1.82, 2.24) is 30.2 Å². The van der Waals surface area contributed by atoms with Gasteiger partial charge in [0.15, 0.2) is 5.82 Å². The molecular weight excluding hydrogens is 330 g/mol. The first-order chi connectivity index (χ1) is 12.7. The molecule has 0 bridgehead atoms. The molecule has 134 valence electrons. The fraction of sp³-hybridized carbons (Fsp3) is 0.333. The van der Waals surface area contributed by atoms with Crippen LogP contribution in [0.4, 0.5) is 5.82 Å². The lowest BCUT2D eigenvalue weighted by molar-refractivity contribution is -0.115. The molecule has 0 aliphatic rings. The number of nitrogens with zero attached hydrogens (tertiary/aromatic N) is 6. The lowest BCUT2D eigenvalue weighted by Gasteiger charge is -2.05. The van der Waals surface area contributed by atoms with Crippen molar-refractivity contribution in [1.29, 1.82) is 0 Å². The minimum atomic E-state index is -0.158. The van der Waals surface area contributed by atoms with Gasteiger partial charge in [0.05, 0.1) is 17.8 Å². The average Bonchev–Trinajstić information content (AvgIpc) is 3.06. The molecular formula is C18H21N7O. The summed E-state index contributed by atoms with van der Waals surface area (Å²) in [7, 11) is 0. The topological polar surface area (TPSA) is 98.5 Å². The van der Waals surface area contributed by atoms with Crippen LogP contribution < -0.4 is 5.32 Å². The van der Waals surface area contributed by atoms with E-state index >= 15 is 0 Å². The Kier molecular flexibility index (Phi) is 5.97. The van der Waals surface area contributed by atoms with Crippen LogP contribution in [0.2, 0.25) is 0 Å². The van der Waals surface area contributed by atoms with Crippen LogP contribution in [0.25, 0.3) is 0 Å². The van der Waals surface area contributed by atoms with Crippen LogP contribution in [0.15, 0.2) is 42.7 Å². The van der Waals surface area contributed by atoms with Crippen LogP contribution in [0.1, 0.15) is 29.9 Å². The molecule has 0 aliphatic carbocycles. The third-order valence-corrected chi connectivity index (χ3v) is 3.78. The van der Waals surface area contributed by atoms with Crippen molar-refractivity contribution in [2.45, 2.75) is 39.2 Å². The van der Waals surface area contributed by atoms with Gasteiger partial charge >= 0.3 is 0 Å². The van der Waals surface area contributed by atoms with Crippen molar-refractivity contribution in [3.05, 3.63) is 59.8 Å². The van der Waals surface area contributed by atoms with Gasteiger partial charge in [-0.15, -0.1) is 10.2 Å². The van der Waals surface area contributed by atoms with Crippen LogP contribution in [-0.2, 0) is 24.2 Å². The summed E-state index contributed by atoms with van der Waals surface area (Å²) in [5.41, 5.74) is 2.55. The van der Waals surface area contributed by atoms with Gasteiger partial charge in [0.1, 0.15) is 0 Å². The first-order valence-corrected chi connectivity index (χ1v) is 8.58. The molecule has 0 saturated carbocycles. The molecule has 3 aromatic rings. The van der Waals surface area contributed by atoms with Gasteiger partial charge in [0.2, 0.25) is 5.91 Å². The quantitative estimate of drug-likeness (QED) is 0.623. The predicted octanol–water partition coefficient (Wildman–Crippen LogP) is 1.98. The summed E-state index contributed by atoms with van der Waals surface area (Å²) < 4.78 is 1.85. The van der Waals surface area contributed by atoms with Gasteiger partial charge in [0.25, 0.3) is 0 Å². The van der Waals surface area contributed by atoms with E-state index in [4.69, 9.17) is 0 Å². The molecule has 3 aromatic heterocycles. The second kappa shape index (κ2) is 8.80. The third kappa shape index (κ3) is 5.44. The van der Waals surface area contributed by atoms with Gasteiger partial charge in [-0.2, -0.15) is 5.10 Å². The lowest BCUT2D eigenvalue weighted by atomic mass is 10.2. The van der Waals surface area contributed by atoms with E-state index < -0.39 is 0 Å². The third-order valence-electron chi connectivity index (χ3n) is 3.78. The number of aromatic nitrogens is 6. The summed E-state index contributed by atoms with van der Waals surface area (Å²) in [6.07, 6.45) is 6.63. The molecule has 0 aromatic carbocycles. The maximum absolute atomic E-state index is 12.0. The van der Waals surface area contributed by atoms with Crippen molar-refractivity contribution in [3.63, 3.8) is 0 Å². The zero-order valence-corrected chi connectivity index (χ0v) is 14.7. The first-order valence-electron chi connectivity index (χ1n) is 8.58. The minimum Gasteiger partial charge on any atom is -0.309 e. The Balaban J connectivity index is 1.40. The lowest BCUT2D eigenvalue weighted by Crippen LogP contribution is -2.16. The van der Waals surface area contributed by atoms with Crippen LogP contribution in [0.5, 0.6) is 0 Å². The fourth-order valence-electron chi connectivity index (χ4n) is 2.50. The number of pyridine rings is 1. The van der Waals surface area contributed by atoms with Crippen LogP contribution in [0, 0.1) is 6.92 Å². The van der Waals surface area contributed by atoms with Crippen molar-refractivity contribution < 1.29 is 4.79 Å². The summed E-state index contributed by atoms with van der Waals surface area (Å²) in [6, 6.07) is 9.16. The number of carbonyl (C=O) groups is 1. The normalized spacial score (nSPS) is 10.7. The summed E-state index contributed by atoms with van der Waals surface area (Å²) in [4.78, 5) is 16.1. The Bertz CT molecular complexity index is 830. The molecule has 0 unspecified atom stereocenters. The molecule has 0 fully saturated rings. The molecule has 0 aliphatic heterocycles. The van der Waals surface area contributed by atoms with Gasteiger partial charge in [-0.05, 0) is 50.5 Å². The summed E-state index contributed by atoms with van der Waals surface area (Å²) >= 11 is 0. The Labute approximate surface area is 151 Å². The molecule has 1 N–H and O–H groups in total. The van der Waals surface area contributed by atoms with E-state index in [1.165, 1.54) is 0 Å². The van der Waals surface area contributed by atoms with Gasteiger partial charge in [-0.1, -0.05) is 11.3 Å². The Morgan fingerprint density at radius 2 is 2.00 bits per heavy atom. The van der Waals surface area contributed by atoms with E-state index in [-0.39, 0.29) is 12.3 Å². The molecule has 8 heteroatoms. The van der Waals surface area contributed by atoms with Crippen LogP contribution >= 0.6 is 0 Å². The smallest absolute Gasteiger partial charge is 0.231 e. The standard InChI is InChI=1S/C18H21N7O/c1-14-13-25(24-21-14)11-5-3-6-15-8-9-17(23-22-15)20-18(26)12-16-7-2-4-10-19-16/h2,4,7-10,13H,3,5-6,11-12H2,1H3,(H,20,23,26). The van der Waals surface area contributed by atoms with E-state index in [9.17, 15) is 4.79 Å². The number of nitrogens with one attached hydrogen (secondary N) is 1. The highest BCUT2D eigenvalue weighted by atomic mass is 16.1. The number of anilines is 1. The highest BCUT2D eigenvalue weighted by Gasteiger charge is 2.06. The SMILES string of the molecule is Cc1cn(CCCCc2ccc(NC(=O)Cc3ccccn3)nn2)nn1. The summed E-state index contributed by atoms with van der Waals surface area (Å²) in [5.74, 6) is 0.293. The van der Waals surface area contributed by atoms with Gasteiger partial charge in [-0.3, -0.25) is 14.5 Å². The molecule has 1 amide bonds. The Morgan fingerprint density at radius 1 is 1.08 bits per heavy atom. The number of amides is 1. The number of unbranched alkanes of at least 4 members (excludes halogenated alkanes) is 1. The van der Waals surface area contributed by atoms with E-state index in [1.807, 2.05) is 42.1 Å². The fourth-order valence-corrected chi connectivity index (χ4v) is 2.50. The predicted molar refractivity (Wildman–Crippen MR) is 96.3 cm³/mol. The van der Waals surface area contributed by atoms with Crippen molar-refractivity contribution in [3.8, 4) is 0 Å². The van der Waals surface area contributed by atoms with E-state index in [0.717, 1.165) is 42.9 Å². The molecule has 3 heterocycles. The number of aryl methyl sites for hydroxylation is 3. The molecule has 26 heavy (non-hydrogen) atoms. The number of rotatable bonds is 8. The second-order valence-corrected chi connectivity index (χ2v) is 6.04. The number of carbonyl (C=O) groups excluding carboxylic acids is 1. The van der Waals surface area contributed by atoms with Gasteiger partial charge < -0.3 is 5.32 Å². The first kappa shape index (κ1) is 17.7. The molecule has 0 spiro atoms. The highest BCUT2D eigenvalue weighted by Crippen LogP contribution is 2.07. The second-order valence-electron chi connectivity index (χ2n) is 6.04. The monoisotopic (exact) mass is 351 g/mol. The molecule has 3 rings (SSSR count). The van der Waals surface area contributed by atoms with Crippen molar-refractivity contribution in [2.24, 2.45) is 0 Å². The molecule has 0 atom stereocenters. The van der Waals surface area contributed by atoms with Crippen LogP contribution in [-0.4, -0.2) is 36.1 Å². The van der Waals surface area contributed by atoms with Crippen LogP contribution in [0.3, 0.4) is 0 Å². The summed E-state index contributed by atoms with van der Waals surface area (Å²) in [6.45, 7) is 2.77. The minimum absolute atomic E-state index is 0.158. The number of hydrogen-bond acceptors (Lipinski definition) is 6. The van der Waals surface area contributed by atoms with E-state index in [0.29, 0.717) is 5.82 Å². The zero-order valence-electron chi connectivity index (χ0n) is 14.7. The van der Waals surface area contributed by atoms with E-state index in [2.05, 4.69) is 30.8 Å². The van der Waals surface area contributed by atoms with Gasteiger partial charge in [-0.25, -0.2) is 0 Å². The average molecular weight is 351 g/mol. The van der Waals surface area contributed by atoms with Gasteiger partial charge in [0, 0.05) is 24.6 Å². The Morgan fingerprint density at radius 3 is 2.69 bits per heavy atom. The van der Waals surface area contributed by atoms with E-state index in [1.54, 1.807) is 12.3 Å². The molecule has 8 nitrogen and oxygen atoms in total. The maximum atomic E-state index is 12.0. The summed E-state index contributed by atoms with van der Waals surface area (Å²) in [5, 5.41) is 19.0.